The number of tetrazole rings is 1. The van der Waals surface area contributed by atoms with Gasteiger partial charge in [-0.1, -0.05) is 11.6 Å². The van der Waals surface area contributed by atoms with Crippen LogP contribution in [0, 0.1) is 0 Å². The normalized spacial score (nSPS) is 12.6. The lowest BCUT2D eigenvalue weighted by Crippen LogP contribution is -2.24. The standard InChI is InChI=1S/C12H14BrClN4O2S/c1-12(2,3)18-16-11(15-17-18)7-21(19,20)8-4-5-9(13)10(14)6-8/h4-6H,7H2,1-3H3. The van der Waals surface area contributed by atoms with E-state index >= 15 is 0 Å². The van der Waals surface area contributed by atoms with Crippen LogP contribution in [0.2, 0.25) is 5.02 Å². The van der Waals surface area contributed by atoms with Crippen LogP contribution in [0.1, 0.15) is 26.6 Å². The van der Waals surface area contributed by atoms with Crippen molar-refractivity contribution in [3.8, 4) is 0 Å². The summed E-state index contributed by atoms with van der Waals surface area (Å²) >= 11 is 9.15. The van der Waals surface area contributed by atoms with Crippen LogP contribution in [0.4, 0.5) is 0 Å². The maximum atomic E-state index is 12.3. The van der Waals surface area contributed by atoms with Crippen LogP contribution in [0.5, 0.6) is 0 Å². The first-order chi connectivity index (χ1) is 9.59. The SMILES string of the molecule is CC(C)(C)n1nnc(CS(=O)(=O)c2ccc(Br)c(Cl)c2)n1. The summed E-state index contributed by atoms with van der Waals surface area (Å²) in [5, 5.41) is 12.1. The highest BCUT2D eigenvalue weighted by atomic mass is 79.9. The molecule has 9 heteroatoms. The lowest BCUT2D eigenvalue weighted by Gasteiger charge is -2.15. The molecule has 0 amide bonds. The van der Waals surface area contributed by atoms with Crippen LogP contribution in [0.3, 0.4) is 0 Å². The fourth-order valence-corrected chi connectivity index (χ4v) is 3.20. The van der Waals surface area contributed by atoms with Gasteiger partial charge in [-0.05, 0) is 60.1 Å². The molecule has 2 rings (SSSR count). The molecule has 0 N–H and O–H groups in total. The lowest BCUT2D eigenvalue weighted by atomic mass is 10.1. The van der Waals surface area contributed by atoms with Gasteiger partial charge >= 0.3 is 0 Å². The van der Waals surface area contributed by atoms with Gasteiger partial charge in [0.2, 0.25) is 0 Å². The molecule has 1 heterocycles. The summed E-state index contributed by atoms with van der Waals surface area (Å²) in [6, 6.07) is 4.48. The maximum Gasteiger partial charge on any atom is 0.190 e. The fourth-order valence-electron chi connectivity index (χ4n) is 1.51. The summed E-state index contributed by atoms with van der Waals surface area (Å²) in [5.74, 6) is -0.162. The minimum atomic E-state index is -3.57. The Morgan fingerprint density at radius 3 is 2.52 bits per heavy atom. The predicted molar refractivity (Wildman–Crippen MR) is 82.9 cm³/mol. The average Bonchev–Trinajstić information content (AvgIpc) is 2.80. The third-order valence-corrected chi connectivity index (χ3v) is 5.47. The quantitative estimate of drug-likeness (QED) is 0.801. The van der Waals surface area contributed by atoms with Crippen LogP contribution < -0.4 is 0 Å². The molecule has 0 saturated carbocycles. The zero-order chi connectivity index (χ0) is 15.8. The number of rotatable bonds is 3. The minimum absolute atomic E-state index is 0.128. The summed E-state index contributed by atoms with van der Waals surface area (Å²) in [4.78, 5) is 1.52. The van der Waals surface area contributed by atoms with Crippen molar-refractivity contribution in [2.24, 2.45) is 0 Å². The molecule has 0 spiro atoms. The molecular formula is C12H14BrClN4O2S. The van der Waals surface area contributed by atoms with Gasteiger partial charge in [-0.3, -0.25) is 0 Å². The number of nitrogens with zero attached hydrogens (tertiary/aromatic N) is 4. The van der Waals surface area contributed by atoms with E-state index in [-0.39, 0.29) is 22.0 Å². The molecular weight excluding hydrogens is 380 g/mol. The number of benzene rings is 1. The fraction of sp³-hybridized carbons (Fsp3) is 0.417. The topological polar surface area (TPSA) is 77.7 Å². The predicted octanol–water partition coefficient (Wildman–Crippen LogP) is 2.82. The van der Waals surface area contributed by atoms with Crippen molar-refractivity contribution >= 4 is 37.4 Å². The van der Waals surface area contributed by atoms with Gasteiger partial charge in [-0.15, -0.1) is 10.2 Å². The molecule has 114 valence electrons. The first-order valence-electron chi connectivity index (χ1n) is 6.07. The second-order valence-electron chi connectivity index (χ2n) is 5.50. The van der Waals surface area contributed by atoms with Gasteiger partial charge < -0.3 is 0 Å². The van der Waals surface area contributed by atoms with E-state index in [9.17, 15) is 8.42 Å². The van der Waals surface area contributed by atoms with Crippen LogP contribution in [0.15, 0.2) is 27.6 Å². The van der Waals surface area contributed by atoms with E-state index in [0.717, 1.165) is 0 Å². The summed E-state index contributed by atoms with van der Waals surface area (Å²) in [7, 11) is -3.57. The largest absolute Gasteiger partial charge is 0.223 e. The summed E-state index contributed by atoms with van der Waals surface area (Å²) in [6.45, 7) is 5.71. The van der Waals surface area contributed by atoms with E-state index in [1.165, 1.54) is 16.9 Å². The minimum Gasteiger partial charge on any atom is -0.223 e. The molecule has 1 aromatic heterocycles. The van der Waals surface area contributed by atoms with E-state index in [0.29, 0.717) is 9.50 Å². The second kappa shape index (κ2) is 5.66. The molecule has 0 bridgehead atoms. The Bertz CT molecular complexity index is 768. The molecule has 1 aromatic carbocycles. The van der Waals surface area contributed by atoms with Crippen LogP contribution >= 0.6 is 27.5 Å². The first kappa shape index (κ1) is 16.4. The number of sulfone groups is 1. The third kappa shape index (κ3) is 3.81. The Morgan fingerprint density at radius 2 is 2.00 bits per heavy atom. The second-order valence-corrected chi connectivity index (χ2v) is 8.75. The number of halogens is 2. The van der Waals surface area contributed by atoms with Crippen molar-refractivity contribution in [1.29, 1.82) is 0 Å². The third-order valence-electron chi connectivity index (χ3n) is 2.62. The van der Waals surface area contributed by atoms with Crippen molar-refractivity contribution in [3.63, 3.8) is 0 Å². The Kier molecular flexibility index (Phi) is 4.41. The Hall–Kier alpha value is -0.990. The van der Waals surface area contributed by atoms with Gasteiger partial charge in [-0.2, -0.15) is 4.80 Å². The van der Waals surface area contributed by atoms with E-state index < -0.39 is 9.84 Å². The first-order valence-corrected chi connectivity index (χ1v) is 8.89. The van der Waals surface area contributed by atoms with Crippen molar-refractivity contribution in [2.75, 3.05) is 0 Å². The summed E-state index contributed by atoms with van der Waals surface area (Å²) < 4.78 is 25.3. The summed E-state index contributed by atoms with van der Waals surface area (Å²) in [6.07, 6.45) is 0. The van der Waals surface area contributed by atoms with Gasteiger partial charge in [-0.25, -0.2) is 8.42 Å². The van der Waals surface area contributed by atoms with Gasteiger partial charge in [0.15, 0.2) is 15.7 Å². The highest BCUT2D eigenvalue weighted by Gasteiger charge is 2.22. The molecule has 0 radical (unpaired) electrons. The van der Waals surface area contributed by atoms with Crippen molar-refractivity contribution < 1.29 is 8.42 Å². The van der Waals surface area contributed by atoms with Crippen LogP contribution in [-0.4, -0.2) is 28.6 Å². The van der Waals surface area contributed by atoms with Crippen molar-refractivity contribution in [3.05, 3.63) is 33.5 Å². The zero-order valence-corrected chi connectivity index (χ0v) is 14.9. The molecule has 6 nitrogen and oxygen atoms in total. The molecule has 0 unspecified atom stereocenters. The molecule has 2 aromatic rings. The number of hydrogen-bond donors (Lipinski definition) is 0. The van der Waals surface area contributed by atoms with Gasteiger partial charge in [0.1, 0.15) is 5.75 Å². The van der Waals surface area contributed by atoms with Crippen LogP contribution in [0.25, 0.3) is 0 Å². The molecule has 0 aliphatic rings. The van der Waals surface area contributed by atoms with E-state index in [1.54, 1.807) is 6.07 Å². The Morgan fingerprint density at radius 1 is 1.33 bits per heavy atom. The van der Waals surface area contributed by atoms with Gasteiger partial charge in [0, 0.05) is 4.47 Å². The smallest absolute Gasteiger partial charge is 0.190 e. The monoisotopic (exact) mass is 392 g/mol. The molecule has 0 saturated heterocycles. The van der Waals surface area contributed by atoms with E-state index in [2.05, 4.69) is 31.3 Å². The van der Waals surface area contributed by atoms with Gasteiger partial charge in [0.25, 0.3) is 0 Å². The van der Waals surface area contributed by atoms with Gasteiger partial charge in [0.05, 0.1) is 15.5 Å². The van der Waals surface area contributed by atoms with E-state index in [4.69, 9.17) is 11.6 Å². The highest BCUT2D eigenvalue weighted by molar-refractivity contribution is 9.10. The molecule has 0 fully saturated rings. The number of hydrogen-bond acceptors (Lipinski definition) is 5. The Labute approximate surface area is 136 Å². The number of aromatic nitrogens is 4. The molecule has 21 heavy (non-hydrogen) atoms. The Balaban J connectivity index is 2.29. The van der Waals surface area contributed by atoms with Crippen molar-refractivity contribution in [1.82, 2.24) is 20.2 Å². The van der Waals surface area contributed by atoms with E-state index in [1.807, 2.05) is 20.8 Å². The molecule has 0 atom stereocenters. The average molecular weight is 394 g/mol. The molecule has 0 aliphatic heterocycles. The summed E-state index contributed by atoms with van der Waals surface area (Å²) in [5.41, 5.74) is -0.351. The zero-order valence-electron chi connectivity index (χ0n) is 11.7. The van der Waals surface area contributed by atoms with Crippen LogP contribution in [-0.2, 0) is 21.1 Å². The maximum absolute atomic E-state index is 12.3. The van der Waals surface area contributed by atoms with Crippen molar-refractivity contribution in [2.45, 2.75) is 37.0 Å². The molecule has 0 aliphatic carbocycles. The highest BCUT2D eigenvalue weighted by Crippen LogP contribution is 2.26. The lowest BCUT2D eigenvalue weighted by molar-refractivity contribution is 0.305.